The molecule has 9 heteroatoms. The highest BCUT2D eigenvalue weighted by atomic mass is 19.4. The molecule has 0 aliphatic carbocycles. The summed E-state index contributed by atoms with van der Waals surface area (Å²) in [6.45, 7) is 6.50. The fourth-order valence-electron chi connectivity index (χ4n) is 2.83. The van der Waals surface area contributed by atoms with E-state index in [1.165, 1.54) is 12.3 Å². The van der Waals surface area contributed by atoms with E-state index in [4.69, 9.17) is 0 Å². The summed E-state index contributed by atoms with van der Waals surface area (Å²) in [5.41, 5.74) is -0.0827. The molecule has 3 rings (SSSR count). The van der Waals surface area contributed by atoms with Crippen LogP contribution in [-0.2, 0) is 12.7 Å². The smallest absolute Gasteiger partial charge is 0.370 e. The number of rotatable bonds is 5. The summed E-state index contributed by atoms with van der Waals surface area (Å²) in [5, 5.41) is 3.17. The number of nitrogens with zero attached hydrogens (tertiary/aromatic N) is 5. The van der Waals surface area contributed by atoms with Crippen molar-refractivity contribution in [3.05, 3.63) is 41.9 Å². The van der Waals surface area contributed by atoms with Crippen LogP contribution in [0.1, 0.15) is 18.2 Å². The lowest BCUT2D eigenvalue weighted by Gasteiger charge is -2.34. The van der Waals surface area contributed by atoms with Gasteiger partial charge in [-0.1, -0.05) is 6.07 Å². The quantitative estimate of drug-likeness (QED) is 0.878. The van der Waals surface area contributed by atoms with Gasteiger partial charge in [0.05, 0.1) is 0 Å². The minimum atomic E-state index is -4.40. The van der Waals surface area contributed by atoms with E-state index in [1.54, 1.807) is 6.20 Å². The highest BCUT2D eigenvalue weighted by Crippen LogP contribution is 2.27. The first-order chi connectivity index (χ1) is 12.5. The van der Waals surface area contributed by atoms with Crippen molar-refractivity contribution in [1.29, 1.82) is 0 Å². The lowest BCUT2D eigenvalue weighted by atomic mass is 10.2. The van der Waals surface area contributed by atoms with Gasteiger partial charge in [0.15, 0.2) is 0 Å². The molecular weight excluding hydrogens is 345 g/mol. The average molecular weight is 366 g/mol. The largest absolute Gasteiger partial charge is 0.433 e. The Bertz CT molecular complexity index is 711. The standard InChI is InChI=1S/C17H21F3N6/c1-2-21-15-5-6-22-16(24-15)26-9-7-25(8-10-26)12-13-3-4-14(23-11-13)17(18,19)20/h3-6,11H,2,7-10,12H2,1H3,(H,21,22,24). The fourth-order valence-corrected chi connectivity index (χ4v) is 2.83. The molecule has 2 aromatic heterocycles. The van der Waals surface area contributed by atoms with Crippen molar-refractivity contribution in [2.45, 2.75) is 19.6 Å². The molecule has 26 heavy (non-hydrogen) atoms. The maximum absolute atomic E-state index is 12.6. The van der Waals surface area contributed by atoms with Crippen LogP contribution in [0.4, 0.5) is 24.9 Å². The van der Waals surface area contributed by atoms with Crippen LogP contribution in [0, 0.1) is 0 Å². The van der Waals surface area contributed by atoms with Gasteiger partial charge in [0.2, 0.25) is 5.95 Å². The Morgan fingerprint density at radius 3 is 2.46 bits per heavy atom. The van der Waals surface area contributed by atoms with E-state index in [1.807, 2.05) is 13.0 Å². The summed E-state index contributed by atoms with van der Waals surface area (Å²) in [6.07, 6.45) is -1.36. The van der Waals surface area contributed by atoms with Gasteiger partial charge >= 0.3 is 6.18 Å². The lowest BCUT2D eigenvalue weighted by molar-refractivity contribution is -0.141. The fraction of sp³-hybridized carbons (Fsp3) is 0.471. The molecule has 0 radical (unpaired) electrons. The van der Waals surface area contributed by atoms with Crippen molar-refractivity contribution in [1.82, 2.24) is 19.9 Å². The molecule has 1 N–H and O–H groups in total. The number of piperazine rings is 1. The van der Waals surface area contributed by atoms with Crippen LogP contribution in [0.25, 0.3) is 0 Å². The summed E-state index contributed by atoms with van der Waals surface area (Å²) in [5.74, 6) is 1.50. The number of anilines is 2. The van der Waals surface area contributed by atoms with Crippen LogP contribution in [0.15, 0.2) is 30.6 Å². The Kier molecular flexibility index (Phi) is 5.55. The molecule has 3 heterocycles. The number of pyridine rings is 1. The third-order valence-electron chi connectivity index (χ3n) is 4.18. The monoisotopic (exact) mass is 366 g/mol. The van der Waals surface area contributed by atoms with E-state index in [9.17, 15) is 13.2 Å². The molecule has 1 fully saturated rings. The van der Waals surface area contributed by atoms with Crippen LogP contribution in [0.5, 0.6) is 0 Å². The van der Waals surface area contributed by atoms with Crippen molar-refractivity contribution < 1.29 is 13.2 Å². The second-order valence-corrected chi connectivity index (χ2v) is 6.08. The van der Waals surface area contributed by atoms with Gasteiger partial charge in [0.1, 0.15) is 11.5 Å². The van der Waals surface area contributed by atoms with E-state index in [0.717, 1.165) is 50.2 Å². The van der Waals surface area contributed by atoms with Gasteiger partial charge in [-0.3, -0.25) is 9.88 Å². The van der Waals surface area contributed by atoms with Gasteiger partial charge < -0.3 is 10.2 Å². The van der Waals surface area contributed by atoms with Crippen LogP contribution in [0.3, 0.4) is 0 Å². The molecule has 0 saturated carbocycles. The second-order valence-electron chi connectivity index (χ2n) is 6.08. The molecule has 0 atom stereocenters. The van der Waals surface area contributed by atoms with E-state index in [-0.39, 0.29) is 0 Å². The molecule has 1 aliphatic heterocycles. The van der Waals surface area contributed by atoms with E-state index >= 15 is 0 Å². The molecule has 1 aliphatic rings. The van der Waals surface area contributed by atoms with Crippen molar-refractivity contribution in [3.63, 3.8) is 0 Å². The predicted molar refractivity (Wildman–Crippen MR) is 92.9 cm³/mol. The number of nitrogens with one attached hydrogen (secondary N) is 1. The molecular formula is C17H21F3N6. The molecule has 0 aromatic carbocycles. The average Bonchev–Trinajstić information content (AvgIpc) is 2.63. The minimum Gasteiger partial charge on any atom is -0.370 e. The minimum absolute atomic E-state index is 0.581. The summed E-state index contributed by atoms with van der Waals surface area (Å²) < 4.78 is 37.7. The second kappa shape index (κ2) is 7.86. The topological polar surface area (TPSA) is 57.2 Å². The van der Waals surface area contributed by atoms with Crippen molar-refractivity contribution in [2.24, 2.45) is 0 Å². The van der Waals surface area contributed by atoms with Crippen LogP contribution in [-0.4, -0.2) is 52.6 Å². The Labute approximate surface area is 150 Å². The van der Waals surface area contributed by atoms with Crippen LogP contribution in [0.2, 0.25) is 0 Å². The van der Waals surface area contributed by atoms with Crippen LogP contribution >= 0.6 is 0 Å². The summed E-state index contributed by atoms with van der Waals surface area (Å²) in [4.78, 5) is 16.6. The van der Waals surface area contributed by atoms with Gasteiger partial charge in [-0.25, -0.2) is 4.98 Å². The molecule has 0 bridgehead atoms. The summed E-state index contributed by atoms with van der Waals surface area (Å²) in [7, 11) is 0. The van der Waals surface area contributed by atoms with Crippen molar-refractivity contribution in [3.8, 4) is 0 Å². The normalized spacial score (nSPS) is 15.9. The molecule has 140 valence electrons. The molecule has 2 aromatic rings. The highest BCUT2D eigenvalue weighted by molar-refractivity contribution is 5.41. The number of alkyl halides is 3. The maximum Gasteiger partial charge on any atom is 0.433 e. The van der Waals surface area contributed by atoms with Gasteiger partial charge in [0.25, 0.3) is 0 Å². The highest BCUT2D eigenvalue weighted by Gasteiger charge is 2.32. The maximum atomic E-state index is 12.6. The first-order valence-corrected chi connectivity index (χ1v) is 8.52. The van der Waals surface area contributed by atoms with Crippen molar-refractivity contribution in [2.75, 3.05) is 42.9 Å². The van der Waals surface area contributed by atoms with E-state index < -0.39 is 11.9 Å². The number of hydrogen-bond acceptors (Lipinski definition) is 6. The summed E-state index contributed by atoms with van der Waals surface area (Å²) >= 11 is 0. The molecule has 6 nitrogen and oxygen atoms in total. The van der Waals surface area contributed by atoms with Gasteiger partial charge in [-0.15, -0.1) is 0 Å². The predicted octanol–water partition coefficient (Wildman–Crippen LogP) is 2.64. The SMILES string of the molecule is CCNc1ccnc(N2CCN(Cc3ccc(C(F)(F)F)nc3)CC2)n1. The van der Waals surface area contributed by atoms with Crippen LogP contribution < -0.4 is 10.2 Å². The zero-order valence-electron chi connectivity index (χ0n) is 14.5. The Hall–Kier alpha value is -2.42. The zero-order valence-corrected chi connectivity index (χ0v) is 14.5. The summed E-state index contributed by atoms with van der Waals surface area (Å²) in [6, 6.07) is 4.36. The number of halogens is 3. The Morgan fingerprint density at radius 1 is 1.08 bits per heavy atom. The molecule has 0 amide bonds. The number of hydrogen-bond donors (Lipinski definition) is 1. The molecule has 0 spiro atoms. The van der Waals surface area contributed by atoms with E-state index in [0.29, 0.717) is 12.5 Å². The van der Waals surface area contributed by atoms with Gasteiger partial charge in [0, 0.05) is 51.7 Å². The first-order valence-electron chi connectivity index (χ1n) is 8.52. The third kappa shape index (κ3) is 4.60. The molecule has 1 saturated heterocycles. The van der Waals surface area contributed by atoms with E-state index in [2.05, 4.69) is 30.1 Å². The number of aromatic nitrogens is 3. The van der Waals surface area contributed by atoms with Crippen molar-refractivity contribution >= 4 is 11.8 Å². The third-order valence-corrected chi connectivity index (χ3v) is 4.18. The van der Waals surface area contributed by atoms with Gasteiger partial charge in [-0.2, -0.15) is 18.2 Å². The zero-order chi connectivity index (χ0) is 18.6. The Morgan fingerprint density at radius 2 is 1.85 bits per heavy atom. The lowest BCUT2D eigenvalue weighted by Crippen LogP contribution is -2.46. The Balaban J connectivity index is 1.54. The molecule has 0 unspecified atom stereocenters. The van der Waals surface area contributed by atoms with Gasteiger partial charge in [-0.05, 0) is 24.6 Å². The first kappa shape index (κ1) is 18.4.